The molecule has 0 spiro atoms. The van der Waals surface area contributed by atoms with Crippen molar-refractivity contribution in [2.75, 3.05) is 6.54 Å². The number of thiophene rings is 1. The van der Waals surface area contributed by atoms with E-state index >= 15 is 0 Å². The van der Waals surface area contributed by atoms with E-state index in [1.165, 1.54) is 10.9 Å². The van der Waals surface area contributed by atoms with Crippen LogP contribution in [0.5, 0.6) is 0 Å². The number of nitrogens with one attached hydrogen (secondary N) is 1. The van der Waals surface area contributed by atoms with Crippen molar-refractivity contribution in [2.45, 2.75) is 19.4 Å². The Morgan fingerprint density at radius 1 is 1.39 bits per heavy atom. The molecular formula is C14H15BrFNS. The van der Waals surface area contributed by atoms with Gasteiger partial charge in [-0.3, -0.25) is 0 Å². The Morgan fingerprint density at radius 2 is 2.17 bits per heavy atom. The summed E-state index contributed by atoms with van der Waals surface area (Å²) >= 11 is 5.17. The normalized spacial score (nSPS) is 12.6. The lowest BCUT2D eigenvalue weighted by Crippen LogP contribution is -2.20. The molecule has 0 saturated carbocycles. The summed E-state index contributed by atoms with van der Waals surface area (Å²) in [5.74, 6) is -0.120. The van der Waals surface area contributed by atoms with E-state index in [0.717, 1.165) is 16.6 Å². The van der Waals surface area contributed by atoms with Crippen LogP contribution in [0.4, 0.5) is 4.39 Å². The highest BCUT2D eigenvalue weighted by atomic mass is 79.9. The molecule has 96 valence electrons. The molecule has 1 aromatic carbocycles. The molecule has 1 N–H and O–H groups in total. The minimum Gasteiger partial charge on any atom is -0.309 e. The molecule has 0 aliphatic heterocycles. The molecule has 0 aliphatic rings. The van der Waals surface area contributed by atoms with Gasteiger partial charge in [-0.25, -0.2) is 4.39 Å². The van der Waals surface area contributed by atoms with Crippen LogP contribution in [0, 0.1) is 5.82 Å². The van der Waals surface area contributed by atoms with Gasteiger partial charge < -0.3 is 5.32 Å². The van der Waals surface area contributed by atoms with Gasteiger partial charge in [0.25, 0.3) is 0 Å². The summed E-state index contributed by atoms with van der Waals surface area (Å²) in [5, 5.41) is 5.48. The number of hydrogen-bond donors (Lipinski definition) is 1. The largest absolute Gasteiger partial charge is 0.309 e. The topological polar surface area (TPSA) is 12.0 Å². The van der Waals surface area contributed by atoms with Gasteiger partial charge in [-0.2, -0.15) is 0 Å². The van der Waals surface area contributed by atoms with Gasteiger partial charge >= 0.3 is 0 Å². The van der Waals surface area contributed by atoms with E-state index in [0.29, 0.717) is 12.5 Å². The van der Waals surface area contributed by atoms with Crippen molar-refractivity contribution in [2.24, 2.45) is 0 Å². The molecule has 0 bridgehead atoms. The molecule has 1 aromatic heterocycles. The fraction of sp³-hybridized carbons (Fsp3) is 0.286. The third kappa shape index (κ3) is 3.64. The van der Waals surface area contributed by atoms with E-state index in [-0.39, 0.29) is 5.82 Å². The first kappa shape index (κ1) is 13.7. The quantitative estimate of drug-likeness (QED) is 0.849. The molecule has 0 saturated heterocycles. The molecule has 0 radical (unpaired) electrons. The Labute approximate surface area is 119 Å². The standard InChI is InChI=1S/C14H15BrFNS/c1-10(14-8-12(15)9-18-14)17-7-6-11-4-2-3-5-13(11)16/h2-5,8-10,17H,6-7H2,1H3. The van der Waals surface area contributed by atoms with Gasteiger partial charge in [0.15, 0.2) is 0 Å². The van der Waals surface area contributed by atoms with Crippen LogP contribution in [0.2, 0.25) is 0 Å². The first-order valence-corrected chi connectivity index (χ1v) is 7.55. The summed E-state index contributed by atoms with van der Waals surface area (Å²) in [5.41, 5.74) is 0.768. The second-order valence-electron chi connectivity index (χ2n) is 4.18. The van der Waals surface area contributed by atoms with Gasteiger partial charge in [-0.15, -0.1) is 11.3 Å². The van der Waals surface area contributed by atoms with E-state index in [2.05, 4.69) is 39.6 Å². The smallest absolute Gasteiger partial charge is 0.126 e. The van der Waals surface area contributed by atoms with Crippen LogP contribution in [-0.4, -0.2) is 6.54 Å². The predicted octanol–water partition coefficient (Wildman–Crippen LogP) is 4.54. The first-order chi connectivity index (χ1) is 8.66. The first-order valence-electron chi connectivity index (χ1n) is 5.87. The molecule has 1 heterocycles. The van der Waals surface area contributed by atoms with Gasteiger partial charge in [0.1, 0.15) is 5.82 Å². The van der Waals surface area contributed by atoms with Crippen LogP contribution in [0.3, 0.4) is 0 Å². The summed E-state index contributed by atoms with van der Waals surface area (Å²) in [6, 6.07) is 9.35. The molecule has 0 aliphatic carbocycles. The second-order valence-corrected chi connectivity index (χ2v) is 6.04. The van der Waals surface area contributed by atoms with Crippen LogP contribution in [0.15, 0.2) is 40.2 Å². The van der Waals surface area contributed by atoms with E-state index < -0.39 is 0 Å². The highest BCUT2D eigenvalue weighted by Gasteiger charge is 2.07. The molecule has 4 heteroatoms. The summed E-state index contributed by atoms with van der Waals surface area (Å²) in [6.45, 7) is 2.90. The fourth-order valence-corrected chi connectivity index (χ4v) is 3.26. The molecule has 1 atom stereocenters. The average Bonchev–Trinajstić information content (AvgIpc) is 2.78. The lowest BCUT2D eigenvalue weighted by Gasteiger charge is -2.12. The maximum atomic E-state index is 13.4. The molecule has 1 unspecified atom stereocenters. The van der Waals surface area contributed by atoms with Crippen LogP contribution >= 0.6 is 27.3 Å². The number of hydrogen-bond acceptors (Lipinski definition) is 2. The lowest BCUT2D eigenvalue weighted by atomic mass is 10.1. The van der Waals surface area contributed by atoms with Gasteiger partial charge in [0, 0.05) is 20.8 Å². The lowest BCUT2D eigenvalue weighted by molar-refractivity contribution is 0.564. The summed E-state index contributed by atoms with van der Waals surface area (Å²) < 4.78 is 14.5. The monoisotopic (exact) mass is 327 g/mol. The molecule has 18 heavy (non-hydrogen) atoms. The van der Waals surface area contributed by atoms with Crippen LogP contribution in [0.25, 0.3) is 0 Å². The Morgan fingerprint density at radius 3 is 2.83 bits per heavy atom. The SMILES string of the molecule is CC(NCCc1ccccc1F)c1cc(Br)cs1. The van der Waals surface area contributed by atoms with Crippen molar-refractivity contribution in [3.05, 3.63) is 56.4 Å². The zero-order valence-electron chi connectivity index (χ0n) is 10.1. The maximum absolute atomic E-state index is 13.4. The van der Waals surface area contributed by atoms with Gasteiger partial charge in [0.2, 0.25) is 0 Å². The summed E-state index contributed by atoms with van der Waals surface area (Å²) in [6.07, 6.45) is 0.712. The molecule has 2 aromatic rings. The average molecular weight is 328 g/mol. The molecule has 1 nitrogen and oxygen atoms in total. The van der Waals surface area contributed by atoms with Crippen molar-refractivity contribution in [3.8, 4) is 0 Å². The number of benzene rings is 1. The van der Waals surface area contributed by atoms with Gasteiger partial charge in [-0.1, -0.05) is 18.2 Å². The van der Waals surface area contributed by atoms with E-state index in [4.69, 9.17) is 0 Å². The highest BCUT2D eigenvalue weighted by molar-refractivity contribution is 9.10. The Bertz CT molecular complexity index is 512. The Balaban J connectivity index is 1.84. The van der Waals surface area contributed by atoms with Crippen LogP contribution in [-0.2, 0) is 6.42 Å². The zero-order valence-corrected chi connectivity index (χ0v) is 12.5. The molecular weight excluding hydrogens is 313 g/mol. The van der Waals surface area contributed by atoms with Gasteiger partial charge in [-0.05, 0) is 53.5 Å². The van der Waals surface area contributed by atoms with Gasteiger partial charge in [0.05, 0.1) is 0 Å². The van der Waals surface area contributed by atoms with E-state index in [1.54, 1.807) is 17.4 Å². The minimum absolute atomic E-state index is 0.120. The zero-order chi connectivity index (χ0) is 13.0. The van der Waals surface area contributed by atoms with Crippen LogP contribution in [0.1, 0.15) is 23.4 Å². The minimum atomic E-state index is -0.120. The van der Waals surface area contributed by atoms with E-state index in [9.17, 15) is 4.39 Å². The fourth-order valence-electron chi connectivity index (χ4n) is 1.78. The van der Waals surface area contributed by atoms with Crippen molar-refractivity contribution in [1.82, 2.24) is 5.32 Å². The van der Waals surface area contributed by atoms with Crippen LogP contribution < -0.4 is 5.32 Å². The number of rotatable bonds is 5. The molecule has 0 fully saturated rings. The summed E-state index contributed by atoms with van der Waals surface area (Å²) in [7, 11) is 0. The summed E-state index contributed by atoms with van der Waals surface area (Å²) in [4.78, 5) is 1.29. The van der Waals surface area contributed by atoms with Crippen molar-refractivity contribution >= 4 is 27.3 Å². The predicted molar refractivity (Wildman–Crippen MR) is 78.5 cm³/mol. The maximum Gasteiger partial charge on any atom is 0.126 e. The number of halogens is 2. The highest BCUT2D eigenvalue weighted by Crippen LogP contribution is 2.25. The van der Waals surface area contributed by atoms with E-state index in [1.807, 2.05) is 12.1 Å². The Kier molecular flexibility index (Phi) is 4.92. The third-order valence-corrected chi connectivity index (χ3v) is 4.69. The van der Waals surface area contributed by atoms with Crippen molar-refractivity contribution in [3.63, 3.8) is 0 Å². The molecule has 0 amide bonds. The van der Waals surface area contributed by atoms with Crippen molar-refractivity contribution in [1.29, 1.82) is 0 Å². The Hall–Kier alpha value is -0.710. The second kappa shape index (κ2) is 6.45. The third-order valence-electron chi connectivity index (χ3n) is 2.82. The molecule has 2 rings (SSSR count). The van der Waals surface area contributed by atoms with Crippen molar-refractivity contribution < 1.29 is 4.39 Å².